The summed E-state index contributed by atoms with van der Waals surface area (Å²) in [7, 11) is 1.41. The van der Waals surface area contributed by atoms with E-state index < -0.39 is 23.4 Å². The van der Waals surface area contributed by atoms with Crippen LogP contribution in [0.3, 0.4) is 0 Å². The molecule has 9 heteroatoms. The van der Waals surface area contributed by atoms with Crippen LogP contribution in [-0.4, -0.2) is 41.8 Å². The number of ether oxygens (including phenoxy) is 2. The third kappa shape index (κ3) is 4.57. The summed E-state index contributed by atoms with van der Waals surface area (Å²) in [6.07, 6.45) is 4.33. The van der Waals surface area contributed by atoms with Crippen molar-refractivity contribution in [3.8, 4) is 11.5 Å². The van der Waals surface area contributed by atoms with E-state index in [2.05, 4.69) is 17.3 Å². The molecule has 1 aliphatic heterocycles. The number of carbonyl (C=O) groups is 3. The van der Waals surface area contributed by atoms with Gasteiger partial charge in [0.25, 0.3) is 5.91 Å². The highest BCUT2D eigenvalue weighted by atomic mass is 19.1. The van der Waals surface area contributed by atoms with Crippen molar-refractivity contribution < 1.29 is 28.2 Å². The van der Waals surface area contributed by atoms with Gasteiger partial charge in [0.1, 0.15) is 11.4 Å². The Kier molecular flexibility index (Phi) is 6.13. The largest absolute Gasteiger partial charge is 0.493 e. The number of methoxy groups -OCH3 is 1. The van der Waals surface area contributed by atoms with Crippen LogP contribution in [0.1, 0.15) is 48.5 Å². The predicted molar refractivity (Wildman–Crippen MR) is 118 cm³/mol. The number of amides is 3. The zero-order valence-electron chi connectivity index (χ0n) is 18.3. The number of halogens is 1. The topological polar surface area (TPSA) is 97.3 Å². The van der Waals surface area contributed by atoms with E-state index in [1.165, 1.54) is 43.7 Å². The first-order chi connectivity index (χ1) is 15.8. The molecule has 2 aliphatic rings. The molecule has 1 saturated carbocycles. The molecular weight excluding hydrogens is 429 g/mol. The minimum absolute atomic E-state index is 0.161. The normalized spacial score (nSPS) is 22.6. The lowest BCUT2D eigenvalue weighted by Crippen LogP contribution is -2.49. The van der Waals surface area contributed by atoms with Crippen LogP contribution in [0.5, 0.6) is 11.5 Å². The van der Waals surface area contributed by atoms with Gasteiger partial charge in [-0.2, -0.15) is 5.10 Å². The molecule has 0 unspecified atom stereocenters. The Balaban J connectivity index is 1.47. The maximum atomic E-state index is 13.1. The number of hydrogen-bond donors (Lipinski definition) is 1. The molecule has 3 amide bonds. The van der Waals surface area contributed by atoms with E-state index in [0.717, 1.165) is 17.9 Å². The molecule has 1 saturated heterocycles. The van der Waals surface area contributed by atoms with E-state index in [9.17, 15) is 18.8 Å². The van der Waals surface area contributed by atoms with Gasteiger partial charge in [0.15, 0.2) is 11.5 Å². The number of urea groups is 1. The van der Waals surface area contributed by atoms with E-state index >= 15 is 0 Å². The molecule has 0 bridgehead atoms. The Morgan fingerprint density at radius 2 is 1.85 bits per heavy atom. The first kappa shape index (κ1) is 22.4. The average Bonchev–Trinajstić information content (AvgIpc) is 3.04. The molecule has 2 aromatic rings. The van der Waals surface area contributed by atoms with Crippen molar-refractivity contribution in [1.82, 2.24) is 10.3 Å². The number of carbonyl (C=O) groups excluding carboxylic acids is 3. The van der Waals surface area contributed by atoms with Crippen molar-refractivity contribution in [2.45, 2.75) is 38.1 Å². The number of esters is 1. The number of nitrogens with one attached hydrogen (secondary N) is 1. The molecule has 0 radical (unpaired) electrons. The smallest absolute Gasteiger partial charge is 0.346 e. The summed E-state index contributed by atoms with van der Waals surface area (Å²) in [6.45, 7) is 2.14. The fourth-order valence-corrected chi connectivity index (χ4v) is 4.02. The minimum Gasteiger partial charge on any atom is -0.493 e. The maximum Gasteiger partial charge on any atom is 0.346 e. The van der Waals surface area contributed by atoms with Gasteiger partial charge in [0.05, 0.1) is 18.9 Å². The predicted octanol–water partition coefficient (Wildman–Crippen LogP) is 3.89. The van der Waals surface area contributed by atoms with Crippen LogP contribution in [0, 0.1) is 11.7 Å². The summed E-state index contributed by atoms with van der Waals surface area (Å²) < 4.78 is 23.7. The van der Waals surface area contributed by atoms with Gasteiger partial charge in [-0.15, -0.1) is 5.01 Å². The number of imide groups is 1. The summed E-state index contributed by atoms with van der Waals surface area (Å²) in [6, 6.07) is 9.12. The molecule has 172 valence electrons. The molecule has 1 spiro atoms. The molecular formula is C24H24FN3O5. The average molecular weight is 453 g/mol. The first-order valence-corrected chi connectivity index (χ1v) is 10.7. The first-order valence-electron chi connectivity index (χ1n) is 10.7. The van der Waals surface area contributed by atoms with Crippen LogP contribution in [0.4, 0.5) is 9.18 Å². The lowest BCUT2D eigenvalue weighted by Gasteiger charge is -2.33. The van der Waals surface area contributed by atoms with E-state index in [1.54, 1.807) is 12.1 Å². The quantitative estimate of drug-likeness (QED) is 0.321. The van der Waals surface area contributed by atoms with Gasteiger partial charge in [-0.1, -0.05) is 6.92 Å². The van der Waals surface area contributed by atoms with Gasteiger partial charge in [-0.25, -0.2) is 14.0 Å². The lowest BCUT2D eigenvalue weighted by molar-refractivity contribution is -0.132. The highest BCUT2D eigenvalue weighted by molar-refractivity contribution is 6.07. The number of benzene rings is 2. The van der Waals surface area contributed by atoms with Gasteiger partial charge in [0.2, 0.25) is 0 Å². The Labute approximate surface area is 190 Å². The van der Waals surface area contributed by atoms with Gasteiger partial charge < -0.3 is 14.8 Å². The Hall–Kier alpha value is -3.75. The highest BCUT2D eigenvalue weighted by Gasteiger charge is 2.52. The SMILES string of the molecule is COc1cc(/C=N/N2C(=O)NC3(CCC(C)CC3)C2=O)ccc1OC(=O)c1ccc(F)cc1. The van der Waals surface area contributed by atoms with Crippen molar-refractivity contribution in [2.24, 2.45) is 11.0 Å². The molecule has 33 heavy (non-hydrogen) atoms. The van der Waals surface area contributed by atoms with Crippen molar-refractivity contribution in [3.63, 3.8) is 0 Å². The third-order valence-electron chi connectivity index (χ3n) is 6.06. The lowest BCUT2D eigenvalue weighted by atomic mass is 9.77. The van der Waals surface area contributed by atoms with Gasteiger partial charge >= 0.3 is 12.0 Å². The Morgan fingerprint density at radius 3 is 2.52 bits per heavy atom. The van der Waals surface area contributed by atoms with Crippen LogP contribution in [0.2, 0.25) is 0 Å². The van der Waals surface area contributed by atoms with E-state index in [0.29, 0.717) is 24.3 Å². The molecule has 2 fully saturated rings. The van der Waals surface area contributed by atoms with E-state index in [1.807, 2.05) is 0 Å². The Bertz CT molecular complexity index is 1110. The minimum atomic E-state index is -0.864. The fourth-order valence-electron chi connectivity index (χ4n) is 4.02. The van der Waals surface area contributed by atoms with Crippen molar-refractivity contribution in [3.05, 3.63) is 59.4 Å². The number of hydrogen-bond acceptors (Lipinski definition) is 6. The van der Waals surface area contributed by atoms with Crippen LogP contribution < -0.4 is 14.8 Å². The van der Waals surface area contributed by atoms with Crippen molar-refractivity contribution in [1.29, 1.82) is 0 Å². The molecule has 8 nitrogen and oxygen atoms in total. The number of nitrogens with zero attached hydrogens (tertiary/aromatic N) is 2. The second-order valence-electron chi connectivity index (χ2n) is 8.36. The van der Waals surface area contributed by atoms with E-state index in [-0.39, 0.29) is 23.0 Å². The molecule has 1 aliphatic carbocycles. The standard InChI is InChI=1S/C24H24FN3O5/c1-15-9-11-24(12-10-15)22(30)28(23(31)27-24)26-14-16-3-8-19(20(13-16)32-2)33-21(29)17-4-6-18(25)7-5-17/h3-8,13-15H,9-12H2,1-2H3,(H,27,31)/b26-14+. The molecule has 0 atom stereocenters. The summed E-state index contributed by atoms with van der Waals surface area (Å²) in [5, 5.41) is 7.78. The fraction of sp³-hybridized carbons (Fsp3) is 0.333. The molecule has 2 aromatic carbocycles. The Morgan fingerprint density at radius 1 is 1.15 bits per heavy atom. The summed E-state index contributed by atoms with van der Waals surface area (Å²) in [5.74, 6) is -0.518. The second kappa shape index (κ2) is 9.01. The summed E-state index contributed by atoms with van der Waals surface area (Å²) in [5.41, 5.74) is -0.141. The van der Waals surface area contributed by atoms with Crippen LogP contribution in [0.15, 0.2) is 47.6 Å². The molecule has 1 heterocycles. The van der Waals surface area contributed by atoms with Gasteiger partial charge in [0, 0.05) is 0 Å². The van der Waals surface area contributed by atoms with Crippen molar-refractivity contribution >= 4 is 24.1 Å². The molecule has 0 aromatic heterocycles. The summed E-state index contributed by atoms with van der Waals surface area (Å²) in [4.78, 5) is 37.6. The molecule has 1 N–H and O–H groups in total. The second-order valence-corrected chi connectivity index (χ2v) is 8.36. The van der Waals surface area contributed by atoms with Crippen molar-refractivity contribution in [2.75, 3.05) is 7.11 Å². The van der Waals surface area contributed by atoms with E-state index in [4.69, 9.17) is 9.47 Å². The molecule has 4 rings (SSSR count). The van der Waals surface area contributed by atoms with Crippen LogP contribution in [-0.2, 0) is 4.79 Å². The van der Waals surface area contributed by atoms with Crippen LogP contribution >= 0.6 is 0 Å². The third-order valence-corrected chi connectivity index (χ3v) is 6.06. The number of rotatable bonds is 5. The number of hydrazone groups is 1. The highest BCUT2D eigenvalue weighted by Crippen LogP contribution is 2.36. The van der Waals surface area contributed by atoms with Crippen LogP contribution in [0.25, 0.3) is 0 Å². The van der Waals surface area contributed by atoms with Gasteiger partial charge in [-0.3, -0.25) is 4.79 Å². The maximum absolute atomic E-state index is 13.1. The zero-order chi connectivity index (χ0) is 23.6. The summed E-state index contributed by atoms with van der Waals surface area (Å²) >= 11 is 0. The monoisotopic (exact) mass is 453 g/mol. The van der Waals surface area contributed by atoms with Gasteiger partial charge in [-0.05, 0) is 79.6 Å². The zero-order valence-corrected chi connectivity index (χ0v) is 18.3.